The zero-order chi connectivity index (χ0) is 17.8. The maximum Gasteiger partial charge on any atom is 0.267 e. The lowest BCUT2D eigenvalue weighted by Gasteiger charge is -2.08. The molecule has 3 aromatic rings. The number of benzene rings is 2. The van der Waals surface area contributed by atoms with Gasteiger partial charge in [-0.25, -0.2) is 4.68 Å². The Morgan fingerprint density at radius 2 is 1.92 bits per heavy atom. The van der Waals surface area contributed by atoms with Crippen molar-refractivity contribution in [1.29, 1.82) is 5.26 Å². The van der Waals surface area contributed by atoms with Gasteiger partial charge in [0.25, 0.3) is 5.56 Å². The number of Topliss-reactive ketones (excluding diaryl/α,β-unsaturated/α-hetero) is 1. The van der Waals surface area contributed by atoms with Crippen molar-refractivity contribution in [3.63, 3.8) is 0 Å². The summed E-state index contributed by atoms with van der Waals surface area (Å²) in [6, 6.07) is 18.9. The maximum atomic E-state index is 12.4. The van der Waals surface area contributed by atoms with Crippen molar-refractivity contribution >= 4 is 21.7 Å². The fourth-order valence-electron chi connectivity index (χ4n) is 2.36. The Labute approximate surface area is 152 Å². The molecule has 3 rings (SSSR count). The molecule has 0 atom stereocenters. The first kappa shape index (κ1) is 16.8. The third-order valence-corrected chi connectivity index (χ3v) is 4.31. The van der Waals surface area contributed by atoms with Crippen molar-refractivity contribution < 1.29 is 4.79 Å². The number of hydrogen-bond acceptors (Lipinski definition) is 4. The second kappa shape index (κ2) is 7.24. The Morgan fingerprint density at radius 3 is 2.68 bits per heavy atom. The van der Waals surface area contributed by atoms with Crippen LogP contribution in [0.15, 0.2) is 69.9 Å². The topological polar surface area (TPSA) is 75.8 Å². The van der Waals surface area contributed by atoms with Gasteiger partial charge in [-0.1, -0.05) is 46.3 Å². The molecular weight excluding hydrogens is 382 g/mol. The minimum atomic E-state index is -0.361. The number of hydrogen-bond donors (Lipinski definition) is 0. The Morgan fingerprint density at radius 1 is 1.12 bits per heavy atom. The Kier molecular flexibility index (Phi) is 4.87. The largest absolute Gasteiger partial charge is 0.292 e. The molecule has 0 fully saturated rings. The standard InChI is InChI=1S/C19H12BrN3O2/c20-16-7-2-1-6-15(16)17-8-9-19(25)23(22-17)12-18(24)14-5-3-4-13(10-14)11-21/h1-10H,12H2. The van der Waals surface area contributed by atoms with E-state index in [2.05, 4.69) is 21.0 Å². The molecule has 1 aromatic heterocycles. The van der Waals surface area contributed by atoms with Crippen LogP contribution >= 0.6 is 15.9 Å². The number of carbonyl (C=O) groups excluding carboxylic acids is 1. The van der Waals surface area contributed by atoms with Crippen molar-refractivity contribution in [2.75, 3.05) is 0 Å². The lowest BCUT2D eigenvalue weighted by Crippen LogP contribution is -2.26. The van der Waals surface area contributed by atoms with Crippen LogP contribution in [0.25, 0.3) is 11.3 Å². The zero-order valence-electron chi connectivity index (χ0n) is 13.0. The molecule has 0 spiro atoms. The molecule has 1 heterocycles. The molecule has 0 aliphatic carbocycles. The second-order valence-corrected chi connectivity index (χ2v) is 6.16. The number of nitriles is 1. The molecule has 0 unspecified atom stereocenters. The van der Waals surface area contributed by atoms with Crippen LogP contribution in [0.1, 0.15) is 15.9 Å². The summed E-state index contributed by atoms with van der Waals surface area (Å²) in [7, 11) is 0. The summed E-state index contributed by atoms with van der Waals surface area (Å²) >= 11 is 3.45. The Balaban J connectivity index is 1.94. The summed E-state index contributed by atoms with van der Waals surface area (Å²) in [4.78, 5) is 24.5. The molecule has 6 heteroatoms. The average Bonchev–Trinajstić information content (AvgIpc) is 2.64. The highest BCUT2D eigenvalue weighted by Crippen LogP contribution is 2.25. The minimum Gasteiger partial charge on any atom is -0.292 e. The first-order chi connectivity index (χ1) is 12.1. The molecule has 0 N–H and O–H groups in total. The van der Waals surface area contributed by atoms with Gasteiger partial charge in [0.05, 0.1) is 17.3 Å². The average molecular weight is 394 g/mol. The van der Waals surface area contributed by atoms with Crippen LogP contribution in [-0.4, -0.2) is 15.6 Å². The highest BCUT2D eigenvalue weighted by Gasteiger charge is 2.12. The molecule has 122 valence electrons. The van der Waals surface area contributed by atoms with Crippen molar-refractivity contribution in [1.82, 2.24) is 9.78 Å². The first-order valence-corrected chi connectivity index (χ1v) is 8.24. The number of aromatic nitrogens is 2. The van der Waals surface area contributed by atoms with Gasteiger partial charge in [-0.3, -0.25) is 9.59 Å². The summed E-state index contributed by atoms with van der Waals surface area (Å²) in [6.07, 6.45) is 0. The summed E-state index contributed by atoms with van der Waals surface area (Å²) < 4.78 is 1.98. The zero-order valence-corrected chi connectivity index (χ0v) is 14.6. The van der Waals surface area contributed by atoms with Gasteiger partial charge in [0.15, 0.2) is 5.78 Å². The van der Waals surface area contributed by atoms with E-state index < -0.39 is 0 Å². The number of rotatable bonds is 4. The summed E-state index contributed by atoms with van der Waals surface area (Å²) in [5, 5.41) is 13.2. The molecular formula is C19H12BrN3O2. The number of ketones is 1. The van der Waals surface area contributed by atoms with Crippen molar-refractivity contribution in [2.45, 2.75) is 6.54 Å². The molecule has 25 heavy (non-hydrogen) atoms. The van der Waals surface area contributed by atoms with Crippen LogP contribution in [0.3, 0.4) is 0 Å². The van der Waals surface area contributed by atoms with Crippen LogP contribution in [0, 0.1) is 11.3 Å². The predicted octanol–water partition coefficient (Wildman–Crippen LogP) is 3.43. The molecule has 0 aliphatic heterocycles. The third-order valence-electron chi connectivity index (χ3n) is 3.62. The second-order valence-electron chi connectivity index (χ2n) is 5.31. The van der Waals surface area contributed by atoms with Crippen molar-refractivity contribution in [2.24, 2.45) is 0 Å². The molecule has 5 nitrogen and oxygen atoms in total. The fraction of sp³-hybridized carbons (Fsp3) is 0.0526. The summed E-state index contributed by atoms with van der Waals surface area (Å²) in [5.41, 5.74) is 1.83. The Hall–Kier alpha value is -3.04. The van der Waals surface area contributed by atoms with E-state index in [9.17, 15) is 9.59 Å². The van der Waals surface area contributed by atoms with Gasteiger partial charge < -0.3 is 0 Å². The molecule has 0 bridgehead atoms. The maximum absolute atomic E-state index is 12.4. The molecule has 0 saturated heterocycles. The van der Waals surface area contributed by atoms with E-state index in [1.807, 2.05) is 30.3 Å². The lowest BCUT2D eigenvalue weighted by molar-refractivity contribution is 0.0966. The number of halogens is 1. The quantitative estimate of drug-likeness (QED) is 0.636. The Bertz CT molecular complexity index is 1050. The van der Waals surface area contributed by atoms with E-state index in [0.717, 1.165) is 14.7 Å². The molecule has 0 amide bonds. The smallest absolute Gasteiger partial charge is 0.267 e. The van der Waals surface area contributed by atoms with Crippen LogP contribution < -0.4 is 5.56 Å². The van der Waals surface area contributed by atoms with Gasteiger partial charge in [-0.2, -0.15) is 10.4 Å². The van der Waals surface area contributed by atoms with Gasteiger partial charge in [0, 0.05) is 21.7 Å². The van der Waals surface area contributed by atoms with E-state index in [1.54, 1.807) is 24.3 Å². The number of nitrogens with zero attached hydrogens (tertiary/aromatic N) is 3. The van der Waals surface area contributed by atoms with E-state index in [-0.39, 0.29) is 17.9 Å². The van der Waals surface area contributed by atoms with Gasteiger partial charge >= 0.3 is 0 Å². The van der Waals surface area contributed by atoms with Gasteiger partial charge in [0.1, 0.15) is 6.54 Å². The first-order valence-electron chi connectivity index (χ1n) is 7.45. The van der Waals surface area contributed by atoms with Crippen molar-refractivity contribution in [3.05, 3.63) is 86.6 Å². The van der Waals surface area contributed by atoms with Gasteiger partial charge in [-0.15, -0.1) is 0 Å². The summed E-state index contributed by atoms with van der Waals surface area (Å²) in [6.45, 7) is -0.188. The van der Waals surface area contributed by atoms with Gasteiger partial charge in [0.2, 0.25) is 0 Å². The highest BCUT2D eigenvalue weighted by atomic mass is 79.9. The normalized spacial score (nSPS) is 10.2. The van der Waals surface area contributed by atoms with Crippen LogP contribution in [0.4, 0.5) is 0 Å². The monoisotopic (exact) mass is 393 g/mol. The van der Waals surface area contributed by atoms with E-state index >= 15 is 0 Å². The van der Waals surface area contributed by atoms with E-state index in [4.69, 9.17) is 5.26 Å². The minimum absolute atomic E-state index is 0.188. The third kappa shape index (κ3) is 3.73. The lowest BCUT2D eigenvalue weighted by atomic mass is 10.1. The fourth-order valence-corrected chi connectivity index (χ4v) is 2.85. The van der Waals surface area contributed by atoms with Crippen LogP contribution in [0.5, 0.6) is 0 Å². The van der Waals surface area contributed by atoms with E-state index in [1.165, 1.54) is 12.1 Å². The predicted molar refractivity (Wildman–Crippen MR) is 97.1 cm³/mol. The molecule has 0 aliphatic rings. The van der Waals surface area contributed by atoms with Gasteiger partial charge in [-0.05, 0) is 24.3 Å². The van der Waals surface area contributed by atoms with Crippen LogP contribution in [0.2, 0.25) is 0 Å². The summed E-state index contributed by atoms with van der Waals surface area (Å²) in [5.74, 6) is -0.282. The SMILES string of the molecule is N#Cc1cccc(C(=O)Cn2nc(-c3ccccc3Br)ccc2=O)c1. The highest BCUT2D eigenvalue weighted by molar-refractivity contribution is 9.10. The molecule has 0 saturated carbocycles. The van der Waals surface area contributed by atoms with Crippen LogP contribution in [-0.2, 0) is 6.54 Å². The van der Waals surface area contributed by atoms with Crippen molar-refractivity contribution in [3.8, 4) is 17.3 Å². The molecule has 0 radical (unpaired) electrons. The number of carbonyl (C=O) groups is 1. The molecule has 2 aromatic carbocycles. The van der Waals surface area contributed by atoms with E-state index in [0.29, 0.717) is 16.8 Å².